The van der Waals surface area contributed by atoms with Gasteiger partial charge in [0.25, 0.3) is 0 Å². The molecule has 0 aliphatic carbocycles. The summed E-state index contributed by atoms with van der Waals surface area (Å²) < 4.78 is 27.6. The summed E-state index contributed by atoms with van der Waals surface area (Å²) in [6.45, 7) is 7.53. The van der Waals surface area contributed by atoms with Gasteiger partial charge in [-0.25, -0.2) is 4.79 Å². The Bertz CT molecular complexity index is 834. The van der Waals surface area contributed by atoms with Gasteiger partial charge in [-0.15, -0.1) is 0 Å². The highest BCUT2D eigenvalue weighted by atomic mass is 16.7. The molecule has 7 nitrogen and oxygen atoms in total. The Morgan fingerprint density at radius 1 is 1.30 bits per heavy atom. The number of unbranched alkanes of at least 4 members (excludes halogenated alkanes) is 1. The van der Waals surface area contributed by atoms with E-state index in [0.29, 0.717) is 31.0 Å². The molecule has 0 spiro atoms. The van der Waals surface area contributed by atoms with Crippen LogP contribution in [0.1, 0.15) is 33.6 Å². The first-order chi connectivity index (χ1) is 12.9. The smallest absolute Gasteiger partial charge is 0.383 e. The molecule has 1 aliphatic rings. The monoisotopic (exact) mass is 378 g/mol. The molecule has 0 radical (unpaired) electrons. The minimum atomic E-state index is -0.704. The van der Waals surface area contributed by atoms with Gasteiger partial charge in [-0.1, -0.05) is 33.3 Å². The largest absolute Gasteiger partial charge is 0.503 e. The Morgan fingerprint density at radius 3 is 2.81 bits per heavy atom. The van der Waals surface area contributed by atoms with Crippen LogP contribution in [0.15, 0.2) is 27.4 Å². The zero-order valence-electron chi connectivity index (χ0n) is 15.9. The van der Waals surface area contributed by atoms with E-state index in [1.165, 1.54) is 0 Å². The van der Waals surface area contributed by atoms with Crippen molar-refractivity contribution in [3.05, 3.63) is 28.6 Å². The molecule has 27 heavy (non-hydrogen) atoms. The first-order valence-corrected chi connectivity index (χ1v) is 9.17. The van der Waals surface area contributed by atoms with Crippen LogP contribution in [0.5, 0.6) is 17.2 Å². The van der Waals surface area contributed by atoms with Crippen LogP contribution in [0.25, 0.3) is 11.0 Å². The standard InChI is InChI=1S/C20H26O7/c1-4-5-9-24-18-17(21)16-13(7-6-8-14(16)27-19(18)22)25-11-20(2,3)15-10-23-12-26-15/h6-8,15,21H,4-5,9-12H2,1-3H3. The van der Waals surface area contributed by atoms with Crippen LogP contribution in [-0.4, -0.2) is 37.8 Å². The molecule has 1 aromatic carbocycles. The number of fused-ring (bicyclic) bond motifs is 1. The molecule has 3 rings (SSSR count). The topological polar surface area (TPSA) is 87.4 Å². The number of hydrogen-bond donors (Lipinski definition) is 1. The summed E-state index contributed by atoms with van der Waals surface area (Å²) in [7, 11) is 0. The maximum Gasteiger partial charge on any atom is 0.383 e. The number of rotatable bonds is 8. The van der Waals surface area contributed by atoms with Gasteiger partial charge < -0.3 is 28.5 Å². The summed E-state index contributed by atoms with van der Waals surface area (Å²) in [6, 6.07) is 5.04. The molecule has 0 amide bonds. The Morgan fingerprint density at radius 2 is 2.11 bits per heavy atom. The van der Waals surface area contributed by atoms with Crippen molar-refractivity contribution >= 4 is 11.0 Å². The third-order valence-corrected chi connectivity index (χ3v) is 4.67. The molecule has 1 atom stereocenters. The fourth-order valence-electron chi connectivity index (χ4n) is 2.89. The van der Waals surface area contributed by atoms with Gasteiger partial charge in [0, 0.05) is 5.41 Å². The van der Waals surface area contributed by atoms with Crippen LogP contribution >= 0.6 is 0 Å². The molecule has 2 aromatic rings. The maximum atomic E-state index is 12.1. The van der Waals surface area contributed by atoms with E-state index in [1.54, 1.807) is 18.2 Å². The first kappa shape index (κ1) is 19.5. The number of aromatic hydroxyl groups is 1. The fourth-order valence-corrected chi connectivity index (χ4v) is 2.89. The second-order valence-corrected chi connectivity index (χ2v) is 7.32. The highest BCUT2D eigenvalue weighted by Crippen LogP contribution is 2.39. The van der Waals surface area contributed by atoms with Gasteiger partial charge in [-0.3, -0.25) is 0 Å². The summed E-state index contributed by atoms with van der Waals surface area (Å²) >= 11 is 0. The van der Waals surface area contributed by atoms with E-state index in [2.05, 4.69) is 0 Å². The summed E-state index contributed by atoms with van der Waals surface area (Å²) in [6.07, 6.45) is 1.61. The van der Waals surface area contributed by atoms with E-state index in [0.717, 1.165) is 12.8 Å². The molecule has 1 aliphatic heterocycles. The molecular weight excluding hydrogens is 352 g/mol. The summed E-state index contributed by atoms with van der Waals surface area (Å²) in [4.78, 5) is 12.1. The lowest BCUT2D eigenvalue weighted by molar-refractivity contribution is -0.0139. The highest BCUT2D eigenvalue weighted by Gasteiger charge is 2.35. The molecule has 7 heteroatoms. The quantitative estimate of drug-likeness (QED) is 0.556. The molecule has 0 bridgehead atoms. The third kappa shape index (κ3) is 4.20. The first-order valence-electron chi connectivity index (χ1n) is 9.17. The Kier molecular flexibility index (Phi) is 5.92. The second-order valence-electron chi connectivity index (χ2n) is 7.32. The van der Waals surface area contributed by atoms with Crippen LogP contribution in [0.2, 0.25) is 0 Å². The van der Waals surface area contributed by atoms with Crippen molar-refractivity contribution < 1.29 is 28.5 Å². The lowest BCUT2D eigenvalue weighted by Gasteiger charge is -2.29. The molecule has 2 heterocycles. The van der Waals surface area contributed by atoms with Crippen LogP contribution in [-0.2, 0) is 9.47 Å². The highest BCUT2D eigenvalue weighted by molar-refractivity contribution is 5.91. The van der Waals surface area contributed by atoms with Gasteiger partial charge in [-0.05, 0) is 18.6 Å². The summed E-state index contributed by atoms with van der Waals surface area (Å²) in [5.41, 5.74) is -0.758. The van der Waals surface area contributed by atoms with Crippen LogP contribution in [0, 0.1) is 5.41 Å². The van der Waals surface area contributed by atoms with E-state index in [-0.39, 0.29) is 35.4 Å². The van der Waals surface area contributed by atoms with E-state index in [1.807, 2.05) is 20.8 Å². The van der Waals surface area contributed by atoms with Crippen LogP contribution in [0.4, 0.5) is 0 Å². The predicted octanol–water partition coefficient (Wildman–Crippen LogP) is 3.46. The second kappa shape index (κ2) is 8.19. The SMILES string of the molecule is CCCCOc1c(O)c2c(OCC(C)(C)C3COCO3)cccc2oc1=O. The van der Waals surface area contributed by atoms with Gasteiger partial charge in [-0.2, -0.15) is 0 Å². The van der Waals surface area contributed by atoms with Crippen molar-refractivity contribution in [1.29, 1.82) is 0 Å². The molecular formula is C20H26O7. The predicted molar refractivity (Wildman–Crippen MR) is 99.5 cm³/mol. The van der Waals surface area contributed by atoms with Gasteiger partial charge in [0.1, 0.15) is 23.5 Å². The van der Waals surface area contributed by atoms with Crippen LogP contribution in [0.3, 0.4) is 0 Å². The number of ether oxygens (including phenoxy) is 4. The van der Waals surface area contributed by atoms with Gasteiger partial charge in [0.05, 0.1) is 25.9 Å². The van der Waals surface area contributed by atoms with E-state index in [9.17, 15) is 9.90 Å². The lowest BCUT2D eigenvalue weighted by Crippen LogP contribution is -2.36. The molecule has 1 unspecified atom stereocenters. The van der Waals surface area contributed by atoms with Crippen molar-refractivity contribution in [3.63, 3.8) is 0 Å². The molecule has 1 fully saturated rings. The van der Waals surface area contributed by atoms with E-state index >= 15 is 0 Å². The Hall–Kier alpha value is -2.25. The van der Waals surface area contributed by atoms with Gasteiger partial charge >= 0.3 is 5.63 Å². The van der Waals surface area contributed by atoms with E-state index < -0.39 is 5.63 Å². The summed E-state index contributed by atoms with van der Waals surface area (Å²) in [5.74, 6) is -0.0222. The Balaban J connectivity index is 1.88. The van der Waals surface area contributed by atoms with Gasteiger partial charge in [0.15, 0.2) is 5.75 Å². The van der Waals surface area contributed by atoms with E-state index in [4.69, 9.17) is 23.4 Å². The maximum absolute atomic E-state index is 12.1. The van der Waals surface area contributed by atoms with Gasteiger partial charge in [0.2, 0.25) is 5.75 Å². The van der Waals surface area contributed by atoms with Crippen molar-refractivity contribution in [1.82, 2.24) is 0 Å². The summed E-state index contributed by atoms with van der Waals surface area (Å²) in [5, 5.41) is 11.0. The average Bonchev–Trinajstić information content (AvgIpc) is 3.18. The third-order valence-electron chi connectivity index (χ3n) is 4.67. The van der Waals surface area contributed by atoms with Crippen molar-refractivity contribution in [3.8, 4) is 17.2 Å². The zero-order chi connectivity index (χ0) is 19.4. The van der Waals surface area contributed by atoms with Crippen molar-refractivity contribution in [2.75, 3.05) is 26.6 Å². The van der Waals surface area contributed by atoms with Crippen LogP contribution < -0.4 is 15.1 Å². The number of hydrogen-bond acceptors (Lipinski definition) is 7. The number of benzene rings is 1. The minimum Gasteiger partial charge on any atom is -0.503 e. The normalized spacial score (nSPS) is 17.4. The van der Waals surface area contributed by atoms with Crippen molar-refractivity contribution in [2.45, 2.75) is 39.7 Å². The van der Waals surface area contributed by atoms with Crippen molar-refractivity contribution in [2.24, 2.45) is 5.41 Å². The molecule has 148 valence electrons. The zero-order valence-corrected chi connectivity index (χ0v) is 15.9. The average molecular weight is 378 g/mol. The molecule has 0 saturated carbocycles. The molecule has 1 N–H and O–H groups in total. The molecule has 1 saturated heterocycles. The Labute approximate surface area is 157 Å². The molecule has 1 aromatic heterocycles. The fraction of sp³-hybridized carbons (Fsp3) is 0.550. The minimum absolute atomic E-state index is 0.0769. The lowest BCUT2D eigenvalue weighted by atomic mass is 9.88.